The Morgan fingerprint density at radius 2 is 1.70 bits per heavy atom. The van der Waals surface area contributed by atoms with Crippen molar-refractivity contribution in [3.8, 4) is 5.75 Å². The van der Waals surface area contributed by atoms with Crippen LogP contribution in [-0.4, -0.2) is 13.2 Å². The Kier molecular flexibility index (Phi) is 5.02. The van der Waals surface area contributed by atoms with E-state index in [4.69, 9.17) is 10.5 Å². The van der Waals surface area contributed by atoms with Crippen molar-refractivity contribution in [1.29, 1.82) is 0 Å². The summed E-state index contributed by atoms with van der Waals surface area (Å²) >= 11 is 0. The molecule has 2 nitrogen and oxygen atoms in total. The first kappa shape index (κ1) is 14.9. The van der Waals surface area contributed by atoms with Crippen LogP contribution in [0.1, 0.15) is 33.1 Å². The van der Waals surface area contributed by atoms with Gasteiger partial charge in [0, 0.05) is 5.39 Å². The smallest absolute Gasteiger partial charge is 0.127 e. The van der Waals surface area contributed by atoms with Crippen LogP contribution in [0.2, 0.25) is 0 Å². The molecule has 0 saturated carbocycles. The molecule has 0 bridgehead atoms. The van der Waals surface area contributed by atoms with Gasteiger partial charge in [-0.3, -0.25) is 0 Å². The van der Waals surface area contributed by atoms with Gasteiger partial charge in [-0.2, -0.15) is 0 Å². The summed E-state index contributed by atoms with van der Waals surface area (Å²) < 4.78 is 6.02. The molecule has 0 unspecified atom stereocenters. The standard InChI is InChI=1S/C18H25NO/c1-3-18(4-2,14-19)12-13-20-17-11-7-9-15-8-5-6-10-16(15)17/h5-11H,3-4,12-14,19H2,1-2H3. The number of benzene rings is 2. The van der Waals surface area contributed by atoms with Crippen molar-refractivity contribution in [3.05, 3.63) is 42.5 Å². The third kappa shape index (κ3) is 3.13. The average molecular weight is 271 g/mol. The van der Waals surface area contributed by atoms with Crippen LogP contribution in [0, 0.1) is 5.41 Å². The number of hydrogen-bond acceptors (Lipinski definition) is 2. The molecule has 108 valence electrons. The van der Waals surface area contributed by atoms with Crippen LogP contribution >= 0.6 is 0 Å². The van der Waals surface area contributed by atoms with Crippen LogP contribution in [0.15, 0.2) is 42.5 Å². The van der Waals surface area contributed by atoms with E-state index in [0.29, 0.717) is 0 Å². The molecule has 0 amide bonds. The van der Waals surface area contributed by atoms with Crippen molar-refractivity contribution in [3.63, 3.8) is 0 Å². The summed E-state index contributed by atoms with van der Waals surface area (Å²) in [4.78, 5) is 0. The van der Waals surface area contributed by atoms with Crippen LogP contribution in [0.4, 0.5) is 0 Å². The first-order chi connectivity index (χ1) is 9.74. The Bertz CT molecular complexity index is 532. The zero-order valence-electron chi connectivity index (χ0n) is 12.6. The lowest BCUT2D eigenvalue weighted by Gasteiger charge is -2.30. The Morgan fingerprint density at radius 3 is 2.40 bits per heavy atom. The highest BCUT2D eigenvalue weighted by Crippen LogP contribution is 2.30. The van der Waals surface area contributed by atoms with Crippen molar-refractivity contribution in [1.82, 2.24) is 0 Å². The highest BCUT2D eigenvalue weighted by atomic mass is 16.5. The van der Waals surface area contributed by atoms with E-state index >= 15 is 0 Å². The largest absolute Gasteiger partial charge is 0.493 e. The van der Waals surface area contributed by atoms with Gasteiger partial charge in [0.25, 0.3) is 0 Å². The molecule has 0 radical (unpaired) electrons. The molecule has 0 fully saturated rings. The first-order valence-electron chi connectivity index (χ1n) is 7.55. The second-order valence-electron chi connectivity index (χ2n) is 5.49. The molecule has 0 aliphatic rings. The van der Waals surface area contributed by atoms with Gasteiger partial charge in [0.15, 0.2) is 0 Å². The Balaban J connectivity index is 2.06. The van der Waals surface area contributed by atoms with Crippen LogP contribution in [0.5, 0.6) is 5.75 Å². The molecule has 2 heteroatoms. The molecule has 2 aromatic carbocycles. The molecule has 2 N–H and O–H groups in total. The van der Waals surface area contributed by atoms with Crippen molar-refractivity contribution >= 4 is 10.8 Å². The van der Waals surface area contributed by atoms with Gasteiger partial charge in [-0.05, 0) is 42.7 Å². The quantitative estimate of drug-likeness (QED) is 0.811. The fourth-order valence-electron chi connectivity index (χ4n) is 2.69. The lowest BCUT2D eigenvalue weighted by molar-refractivity contribution is 0.188. The predicted octanol–water partition coefficient (Wildman–Crippen LogP) is 4.37. The summed E-state index contributed by atoms with van der Waals surface area (Å²) in [6.45, 7) is 5.90. The minimum Gasteiger partial charge on any atom is -0.493 e. The van der Waals surface area contributed by atoms with Crippen molar-refractivity contribution in [2.45, 2.75) is 33.1 Å². The number of fused-ring (bicyclic) bond motifs is 1. The molecule has 0 spiro atoms. The fourth-order valence-corrected chi connectivity index (χ4v) is 2.69. The van der Waals surface area contributed by atoms with Crippen LogP contribution in [0.3, 0.4) is 0 Å². The second kappa shape index (κ2) is 6.76. The maximum atomic E-state index is 6.02. The van der Waals surface area contributed by atoms with E-state index < -0.39 is 0 Å². The van der Waals surface area contributed by atoms with E-state index in [-0.39, 0.29) is 5.41 Å². The summed E-state index contributed by atoms with van der Waals surface area (Å²) in [6.07, 6.45) is 3.23. The van der Waals surface area contributed by atoms with Gasteiger partial charge in [-0.25, -0.2) is 0 Å². The summed E-state index contributed by atoms with van der Waals surface area (Å²) in [5.41, 5.74) is 6.17. The second-order valence-corrected chi connectivity index (χ2v) is 5.49. The minimum absolute atomic E-state index is 0.227. The third-order valence-corrected chi connectivity index (χ3v) is 4.57. The topological polar surface area (TPSA) is 35.2 Å². The highest BCUT2D eigenvalue weighted by Gasteiger charge is 2.24. The van der Waals surface area contributed by atoms with E-state index in [2.05, 4.69) is 44.2 Å². The maximum absolute atomic E-state index is 6.02. The van der Waals surface area contributed by atoms with Crippen LogP contribution < -0.4 is 10.5 Å². The normalized spacial score (nSPS) is 11.8. The molecule has 0 heterocycles. The molecule has 0 saturated heterocycles. The van der Waals surface area contributed by atoms with Gasteiger partial charge in [-0.15, -0.1) is 0 Å². The highest BCUT2D eigenvalue weighted by molar-refractivity contribution is 5.88. The number of rotatable bonds is 7. The Hall–Kier alpha value is -1.54. The average Bonchev–Trinajstić information content (AvgIpc) is 2.52. The van der Waals surface area contributed by atoms with Gasteiger partial charge in [-0.1, -0.05) is 50.2 Å². The summed E-state index contributed by atoms with van der Waals surface area (Å²) in [5.74, 6) is 0.973. The molecule has 0 aromatic heterocycles. The van der Waals surface area contributed by atoms with Gasteiger partial charge < -0.3 is 10.5 Å². The number of ether oxygens (including phenoxy) is 1. The van der Waals surface area contributed by atoms with Gasteiger partial charge in [0.1, 0.15) is 5.75 Å². The summed E-state index contributed by atoms with van der Waals surface area (Å²) in [5, 5.41) is 2.41. The molecule has 20 heavy (non-hydrogen) atoms. The summed E-state index contributed by atoms with van der Waals surface area (Å²) in [7, 11) is 0. The van der Waals surface area contributed by atoms with Crippen LogP contribution in [0.25, 0.3) is 10.8 Å². The molecular weight excluding hydrogens is 246 g/mol. The van der Waals surface area contributed by atoms with E-state index in [1.54, 1.807) is 0 Å². The van der Waals surface area contributed by atoms with E-state index in [9.17, 15) is 0 Å². The monoisotopic (exact) mass is 271 g/mol. The third-order valence-electron chi connectivity index (χ3n) is 4.57. The maximum Gasteiger partial charge on any atom is 0.127 e. The number of hydrogen-bond donors (Lipinski definition) is 1. The number of nitrogens with two attached hydrogens (primary N) is 1. The molecule has 2 aromatic rings. The summed E-state index contributed by atoms with van der Waals surface area (Å²) in [6, 6.07) is 14.5. The molecule has 0 aliphatic carbocycles. The lowest BCUT2D eigenvalue weighted by Crippen LogP contribution is -2.31. The molecule has 0 atom stereocenters. The fraction of sp³-hybridized carbons (Fsp3) is 0.444. The van der Waals surface area contributed by atoms with E-state index in [1.165, 1.54) is 10.8 Å². The zero-order chi connectivity index (χ0) is 14.4. The SMILES string of the molecule is CCC(CC)(CN)CCOc1cccc2ccccc12. The Labute approximate surface area is 121 Å². The first-order valence-corrected chi connectivity index (χ1v) is 7.55. The van der Waals surface area contributed by atoms with Crippen molar-refractivity contribution < 1.29 is 4.74 Å². The van der Waals surface area contributed by atoms with Gasteiger partial charge in [0.2, 0.25) is 0 Å². The minimum atomic E-state index is 0.227. The zero-order valence-corrected chi connectivity index (χ0v) is 12.6. The van der Waals surface area contributed by atoms with E-state index in [1.807, 2.05) is 12.1 Å². The lowest BCUT2D eigenvalue weighted by atomic mass is 9.80. The van der Waals surface area contributed by atoms with E-state index in [0.717, 1.165) is 38.2 Å². The molecule has 0 aliphatic heterocycles. The van der Waals surface area contributed by atoms with Crippen molar-refractivity contribution in [2.75, 3.05) is 13.2 Å². The van der Waals surface area contributed by atoms with Crippen molar-refractivity contribution in [2.24, 2.45) is 11.1 Å². The van der Waals surface area contributed by atoms with Gasteiger partial charge >= 0.3 is 0 Å². The molecule has 2 rings (SSSR count). The molecular formula is C18H25NO. The Morgan fingerprint density at radius 1 is 1.00 bits per heavy atom. The predicted molar refractivity (Wildman–Crippen MR) is 86.1 cm³/mol. The van der Waals surface area contributed by atoms with Crippen LogP contribution in [-0.2, 0) is 0 Å². The van der Waals surface area contributed by atoms with Gasteiger partial charge in [0.05, 0.1) is 6.61 Å².